The first kappa shape index (κ1) is 10.2. The third-order valence-corrected chi connectivity index (χ3v) is 4.15. The zero-order valence-electron chi connectivity index (χ0n) is 9.26. The van der Waals surface area contributed by atoms with Crippen molar-refractivity contribution in [3.63, 3.8) is 0 Å². The lowest BCUT2D eigenvalue weighted by atomic mass is 9.87. The first-order valence-corrected chi connectivity index (χ1v) is 6.04. The van der Waals surface area contributed by atoms with E-state index in [0.717, 1.165) is 15.9 Å². The van der Waals surface area contributed by atoms with Gasteiger partial charge in [0.2, 0.25) is 0 Å². The van der Waals surface area contributed by atoms with Crippen LogP contribution in [0.25, 0.3) is 10.9 Å². The summed E-state index contributed by atoms with van der Waals surface area (Å²) in [5.41, 5.74) is 8.70. The van der Waals surface area contributed by atoms with Crippen molar-refractivity contribution in [3.8, 4) is 0 Å². The lowest BCUT2D eigenvalue weighted by Gasteiger charge is -2.21. The van der Waals surface area contributed by atoms with Crippen molar-refractivity contribution in [3.05, 3.63) is 35.0 Å². The molecule has 16 heavy (non-hydrogen) atoms. The second-order valence-corrected chi connectivity index (χ2v) is 5.22. The van der Waals surface area contributed by atoms with Gasteiger partial charge in [0.15, 0.2) is 0 Å². The molecule has 3 N–H and O–H groups in total. The Bertz CT molecular complexity index is 538. The maximum absolute atomic E-state index is 6.24. The van der Waals surface area contributed by atoms with Crippen LogP contribution in [0.3, 0.4) is 0 Å². The summed E-state index contributed by atoms with van der Waals surface area (Å²) in [5, 5.41) is 1.96. The zero-order valence-corrected chi connectivity index (χ0v) is 10.0. The van der Waals surface area contributed by atoms with Gasteiger partial charge in [-0.2, -0.15) is 0 Å². The highest BCUT2D eigenvalue weighted by molar-refractivity contribution is 6.35. The predicted molar refractivity (Wildman–Crippen MR) is 67.9 cm³/mol. The van der Waals surface area contributed by atoms with Gasteiger partial charge in [-0.1, -0.05) is 23.7 Å². The van der Waals surface area contributed by atoms with E-state index in [1.165, 1.54) is 18.4 Å². The molecule has 2 nitrogen and oxygen atoms in total. The maximum atomic E-state index is 6.24. The van der Waals surface area contributed by atoms with Gasteiger partial charge >= 0.3 is 0 Å². The fraction of sp³-hybridized carbons (Fsp3) is 0.385. The van der Waals surface area contributed by atoms with Crippen LogP contribution in [0.4, 0.5) is 0 Å². The summed E-state index contributed by atoms with van der Waals surface area (Å²) in [6, 6.07) is 6.48. The van der Waals surface area contributed by atoms with Gasteiger partial charge in [0, 0.05) is 28.6 Å². The van der Waals surface area contributed by atoms with Gasteiger partial charge < -0.3 is 10.7 Å². The number of aromatic nitrogens is 1. The molecule has 3 rings (SSSR count). The van der Waals surface area contributed by atoms with E-state index in [-0.39, 0.29) is 11.5 Å². The Morgan fingerprint density at radius 3 is 2.81 bits per heavy atom. The summed E-state index contributed by atoms with van der Waals surface area (Å²) in [6.07, 6.45) is 4.20. The number of halogens is 1. The van der Waals surface area contributed by atoms with E-state index in [9.17, 15) is 0 Å². The molecule has 1 fully saturated rings. The molecule has 0 saturated heterocycles. The van der Waals surface area contributed by atoms with Crippen molar-refractivity contribution in [2.45, 2.75) is 31.2 Å². The highest BCUT2D eigenvalue weighted by atomic mass is 35.5. The molecule has 1 aromatic carbocycles. The Morgan fingerprint density at radius 2 is 2.19 bits per heavy atom. The average Bonchev–Trinajstić information content (AvgIpc) is 3.00. The van der Waals surface area contributed by atoms with E-state index in [1.807, 2.05) is 6.20 Å². The molecule has 1 saturated carbocycles. The molecule has 0 aliphatic heterocycles. The van der Waals surface area contributed by atoms with Crippen molar-refractivity contribution < 1.29 is 0 Å². The van der Waals surface area contributed by atoms with Gasteiger partial charge in [-0.25, -0.2) is 0 Å². The number of aromatic amines is 1. The summed E-state index contributed by atoms with van der Waals surface area (Å²) in [5.74, 6) is 0. The van der Waals surface area contributed by atoms with Crippen LogP contribution in [0.5, 0.6) is 0 Å². The van der Waals surface area contributed by atoms with Crippen LogP contribution in [0.1, 0.15) is 25.3 Å². The first-order valence-electron chi connectivity index (χ1n) is 5.67. The Balaban J connectivity index is 2.28. The average molecular weight is 235 g/mol. The number of rotatable bonds is 2. The molecule has 0 amide bonds. The van der Waals surface area contributed by atoms with Gasteiger partial charge in [0.25, 0.3) is 0 Å². The third kappa shape index (κ3) is 1.23. The van der Waals surface area contributed by atoms with E-state index in [1.54, 1.807) is 0 Å². The topological polar surface area (TPSA) is 41.8 Å². The minimum absolute atomic E-state index is 0.158. The second-order valence-electron chi connectivity index (χ2n) is 4.81. The lowest BCUT2D eigenvalue weighted by molar-refractivity contribution is 0.560. The third-order valence-electron chi connectivity index (χ3n) is 3.85. The van der Waals surface area contributed by atoms with Crippen LogP contribution in [0.15, 0.2) is 24.4 Å². The standard InChI is InChI=1S/C13H15ClN2/c1-8(15)13(5-6-13)9-3-2-4-11-12(9)10(14)7-16-11/h2-4,7-8,16H,5-6,15H2,1H3. The van der Waals surface area contributed by atoms with Crippen LogP contribution in [-0.2, 0) is 5.41 Å². The maximum Gasteiger partial charge on any atom is 0.0662 e. The highest BCUT2D eigenvalue weighted by Crippen LogP contribution is 2.53. The predicted octanol–water partition coefficient (Wildman–Crippen LogP) is 3.20. The molecule has 1 aliphatic carbocycles. The first-order chi connectivity index (χ1) is 7.65. The zero-order chi connectivity index (χ0) is 11.3. The number of nitrogens with one attached hydrogen (secondary N) is 1. The Hall–Kier alpha value is -0.990. The number of H-pyrrole nitrogens is 1. The molecular formula is C13H15ClN2. The van der Waals surface area contributed by atoms with Crippen LogP contribution < -0.4 is 5.73 Å². The molecular weight excluding hydrogens is 220 g/mol. The van der Waals surface area contributed by atoms with Crippen molar-refractivity contribution in [1.29, 1.82) is 0 Å². The number of fused-ring (bicyclic) bond motifs is 1. The van der Waals surface area contributed by atoms with Gasteiger partial charge in [-0.3, -0.25) is 0 Å². The molecule has 2 aromatic rings. The lowest BCUT2D eigenvalue weighted by Crippen LogP contribution is -2.31. The van der Waals surface area contributed by atoms with Gasteiger partial charge in [0.05, 0.1) is 5.02 Å². The molecule has 0 spiro atoms. The molecule has 3 heteroatoms. The smallest absolute Gasteiger partial charge is 0.0662 e. The molecule has 1 aromatic heterocycles. The molecule has 1 unspecified atom stereocenters. The summed E-state index contributed by atoms with van der Waals surface area (Å²) < 4.78 is 0. The highest BCUT2D eigenvalue weighted by Gasteiger charge is 2.48. The monoisotopic (exact) mass is 234 g/mol. The largest absolute Gasteiger partial charge is 0.360 e. The fourth-order valence-electron chi connectivity index (χ4n) is 2.66. The normalized spacial score (nSPS) is 19.9. The van der Waals surface area contributed by atoms with Crippen molar-refractivity contribution in [2.24, 2.45) is 5.73 Å². The summed E-state index contributed by atoms with van der Waals surface area (Å²) in [6.45, 7) is 2.09. The van der Waals surface area contributed by atoms with Crippen LogP contribution in [0, 0.1) is 0 Å². The summed E-state index contributed by atoms with van der Waals surface area (Å²) >= 11 is 6.24. The van der Waals surface area contributed by atoms with Crippen LogP contribution in [-0.4, -0.2) is 11.0 Å². The fourth-order valence-corrected chi connectivity index (χ4v) is 2.92. The Morgan fingerprint density at radius 1 is 1.44 bits per heavy atom. The SMILES string of the molecule is CC(N)C1(c2cccc3[nH]cc(Cl)c23)CC1. The summed E-state index contributed by atoms with van der Waals surface area (Å²) in [7, 11) is 0. The molecule has 1 aliphatic rings. The molecule has 1 heterocycles. The van der Waals surface area contributed by atoms with Crippen molar-refractivity contribution in [1.82, 2.24) is 4.98 Å². The number of hydrogen-bond acceptors (Lipinski definition) is 1. The second kappa shape index (κ2) is 3.25. The van der Waals surface area contributed by atoms with E-state index in [0.29, 0.717) is 0 Å². The van der Waals surface area contributed by atoms with E-state index >= 15 is 0 Å². The van der Waals surface area contributed by atoms with Crippen molar-refractivity contribution >= 4 is 22.5 Å². The van der Waals surface area contributed by atoms with Crippen molar-refractivity contribution in [2.75, 3.05) is 0 Å². The van der Waals surface area contributed by atoms with Crippen LogP contribution in [0.2, 0.25) is 5.02 Å². The van der Waals surface area contributed by atoms with Gasteiger partial charge in [-0.05, 0) is 31.4 Å². The Labute approximate surface area is 99.8 Å². The van der Waals surface area contributed by atoms with E-state index < -0.39 is 0 Å². The number of benzene rings is 1. The number of hydrogen-bond donors (Lipinski definition) is 2. The number of nitrogens with two attached hydrogens (primary N) is 1. The van der Waals surface area contributed by atoms with E-state index in [4.69, 9.17) is 17.3 Å². The molecule has 1 atom stereocenters. The molecule has 0 bridgehead atoms. The van der Waals surface area contributed by atoms with Gasteiger partial charge in [0.1, 0.15) is 0 Å². The quantitative estimate of drug-likeness (QED) is 0.823. The molecule has 0 radical (unpaired) electrons. The van der Waals surface area contributed by atoms with Crippen LogP contribution >= 0.6 is 11.6 Å². The minimum Gasteiger partial charge on any atom is -0.360 e. The Kier molecular flexibility index (Phi) is 2.07. The summed E-state index contributed by atoms with van der Waals surface area (Å²) in [4.78, 5) is 3.19. The van der Waals surface area contributed by atoms with E-state index in [2.05, 4.69) is 30.1 Å². The van der Waals surface area contributed by atoms with Gasteiger partial charge in [-0.15, -0.1) is 0 Å². The molecule has 84 valence electrons. The minimum atomic E-state index is 0.158.